The molecule has 2 aromatic carbocycles. The molecule has 0 radical (unpaired) electrons. The number of benzene rings is 2. The second-order valence-corrected chi connectivity index (χ2v) is 18.9. The third-order valence-corrected chi connectivity index (χ3v) is 12.6. The van der Waals surface area contributed by atoms with Crippen molar-refractivity contribution < 1.29 is 16.5 Å². The molecule has 0 N–H and O–H groups in total. The summed E-state index contributed by atoms with van der Waals surface area (Å²) in [5.41, 5.74) is 10.2. The Morgan fingerprint density at radius 3 is 1.10 bits per heavy atom. The molecular weight excluding hydrogens is 795 g/mol. The van der Waals surface area contributed by atoms with Crippen LogP contribution in [0.5, 0.6) is 0 Å². The van der Waals surface area contributed by atoms with Crippen LogP contribution in [0.2, 0.25) is 0 Å². The van der Waals surface area contributed by atoms with E-state index in [0.29, 0.717) is 0 Å². The largest absolute Gasteiger partial charge is 0.251 e. The number of hydrogen-bond acceptors (Lipinski definition) is 2. The SMILES string of the molecule is CCCCCCCCCCCCCCCCCCCCCC/C=C/C(=N/c1cc(CCC)cc(CCC)c1)C(/CCCCC)=N/c1cc(CCCCC)cc(CCCCC)c1.[Ni]. The molecule has 0 amide bonds. The fraction of sp³-hybridized carbons (Fsp3) is 0.729. The smallest absolute Gasteiger partial charge is 0.0848 e. The van der Waals surface area contributed by atoms with Crippen molar-refractivity contribution >= 4 is 22.8 Å². The first-order valence-corrected chi connectivity index (χ1v) is 27.1. The van der Waals surface area contributed by atoms with Gasteiger partial charge in [-0.15, -0.1) is 0 Å². The first kappa shape index (κ1) is 58.0. The van der Waals surface area contributed by atoms with Crippen molar-refractivity contribution in [1.82, 2.24) is 0 Å². The molecule has 0 saturated carbocycles. The van der Waals surface area contributed by atoms with Crippen molar-refractivity contribution in [2.24, 2.45) is 9.98 Å². The third kappa shape index (κ3) is 30.2. The van der Waals surface area contributed by atoms with E-state index < -0.39 is 0 Å². The summed E-state index contributed by atoms with van der Waals surface area (Å²) < 4.78 is 0. The summed E-state index contributed by atoms with van der Waals surface area (Å²) in [5, 5.41) is 0. The van der Waals surface area contributed by atoms with E-state index in [2.05, 4.69) is 90.1 Å². The zero-order chi connectivity index (χ0) is 43.9. The predicted octanol–water partition coefficient (Wildman–Crippen LogP) is 20.2. The first-order chi connectivity index (χ1) is 30.1. The van der Waals surface area contributed by atoms with Crippen LogP contribution in [0.4, 0.5) is 11.4 Å². The van der Waals surface area contributed by atoms with Gasteiger partial charge in [-0.1, -0.05) is 233 Å². The van der Waals surface area contributed by atoms with Gasteiger partial charge in [0.2, 0.25) is 0 Å². The quantitative estimate of drug-likeness (QED) is 0.0361. The standard InChI is InChI=1S/C59H100N2.Ni/c1-7-13-17-18-19-20-21-22-23-24-25-26-27-28-29-30-31-32-33-34-35-39-45-59(60-56-48-52(40-11-5)46-53(49-56)41-12-6)58(44-38-16-10-4)61-57-50-54(42-36-14-8-2)47-55(51-57)43-37-15-9-3;/h39,45-51H,7-38,40-44H2,1-6H3;/b45-39+,60-59-,61-58+;. The Balaban J connectivity index is 0.0000192. The van der Waals surface area contributed by atoms with Gasteiger partial charge >= 0.3 is 0 Å². The number of hydrogen-bond donors (Lipinski definition) is 0. The fourth-order valence-electron chi connectivity index (χ4n) is 8.92. The van der Waals surface area contributed by atoms with E-state index >= 15 is 0 Å². The molecular formula is C59H100N2Ni. The molecule has 3 heteroatoms. The van der Waals surface area contributed by atoms with E-state index in [9.17, 15) is 0 Å². The Labute approximate surface area is 397 Å². The zero-order valence-corrected chi connectivity index (χ0v) is 43.0. The predicted molar refractivity (Wildman–Crippen MR) is 277 cm³/mol. The number of nitrogens with zero attached hydrogens (tertiary/aromatic N) is 2. The van der Waals surface area contributed by atoms with E-state index in [1.54, 1.807) is 0 Å². The maximum Gasteiger partial charge on any atom is 0.0848 e. The molecule has 2 rings (SSSR count). The van der Waals surface area contributed by atoms with Gasteiger partial charge in [0, 0.05) is 16.5 Å². The number of aliphatic imine (C=N–C) groups is 2. The summed E-state index contributed by atoms with van der Waals surface area (Å²) in [5.74, 6) is 0. The van der Waals surface area contributed by atoms with Gasteiger partial charge in [0.15, 0.2) is 0 Å². The normalized spacial score (nSPS) is 12.2. The molecule has 0 saturated heterocycles. The van der Waals surface area contributed by atoms with Crippen LogP contribution in [-0.2, 0) is 42.2 Å². The molecule has 0 aliphatic heterocycles. The molecule has 2 aromatic rings. The summed E-state index contributed by atoms with van der Waals surface area (Å²) in [6.45, 7) is 13.8. The number of rotatable bonds is 41. The van der Waals surface area contributed by atoms with Crippen molar-refractivity contribution in [3.63, 3.8) is 0 Å². The van der Waals surface area contributed by atoms with E-state index in [-0.39, 0.29) is 16.5 Å². The molecule has 0 aliphatic carbocycles. The van der Waals surface area contributed by atoms with Crippen molar-refractivity contribution in [2.45, 2.75) is 279 Å². The minimum atomic E-state index is 0. The Morgan fingerprint density at radius 2 is 0.694 bits per heavy atom. The van der Waals surface area contributed by atoms with Gasteiger partial charge in [-0.2, -0.15) is 0 Å². The Kier molecular flexibility index (Phi) is 39.0. The number of unbranched alkanes of at least 4 members (excludes halogenated alkanes) is 26. The molecule has 62 heavy (non-hydrogen) atoms. The van der Waals surface area contributed by atoms with Crippen LogP contribution >= 0.6 is 0 Å². The molecule has 0 fully saturated rings. The maximum atomic E-state index is 5.56. The maximum absolute atomic E-state index is 5.56. The van der Waals surface area contributed by atoms with Gasteiger partial charge in [0.25, 0.3) is 0 Å². The molecule has 2 nitrogen and oxygen atoms in total. The average Bonchev–Trinajstić information content (AvgIpc) is 3.25. The van der Waals surface area contributed by atoms with Crippen LogP contribution in [-0.4, -0.2) is 11.4 Å². The zero-order valence-electron chi connectivity index (χ0n) is 42.0. The molecule has 0 unspecified atom stereocenters. The van der Waals surface area contributed by atoms with Gasteiger partial charge < -0.3 is 0 Å². The van der Waals surface area contributed by atoms with Crippen LogP contribution in [0.25, 0.3) is 0 Å². The van der Waals surface area contributed by atoms with Crippen LogP contribution in [0.15, 0.2) is 58.5 Å². The van der Waals surface area contributed by atoms with Gasteiger partial charge in [0.1, 0.15) is 0 Å². The summed E-state index contributed by atoms with van der Waals surface area (Å²) in [6, 6.07) is 14.4. The fourth-order valence-corrected chi connectivity index (χ4v) is 8.92. The molecule has 0 heterocycles. The average molecular weight is 896 g/mol. The Hall–Kier alpha value is -1.99. The number of aryl methyl sites for hydroxylation is 4. The van der Waals surface area contributed by atoms with Crippen molar-refractivity contribution in [1.29, 1.82) is 0 Å². The molecule has 0 aliphatic rings. The van der Waals surface area contributed by atoms with E-state index in [4.69, 9.17) is 9.98 Å². The van der Waals surface area contributed by atoms with Gasteiger partial charge in [0.05, 0.1) is 22.8 Å². The molecule has 0 atom stereocenters. The Bertz CT molecular complexity index is 1370. The summed E-state index contributed by atoms with van der Waals surface area (Å²) >= 11 is 0. The van der Waals surface area contributed by atoms with Crippen LogP contribution in [0.1, 0.15) is 276 Å². The van der Waals surface area contributed by atoms with Gasteiger partial charge in [-0.05, 0) is 117 Å². The first-order valence-electron chi connectivity index (χ1n) is 27.1. The summed E-state index contributed by atoms with van der Waals surface area (Å²) in [6.07, 6.45) is 53.4. The minimum absolute atomic E-state index is 0. The monoisotopic (exact) mass is 895 g/mol. The topological polar surface area (TPSA) is 24.7 Å². The summed E-state index contributed by atoms with van der Waals surface area (Å²) in [4.78, 5) is 11.1. The van der Waals surface area contributed by atoms with E-state index in [1.165, 1.54) is 202 Å². The van der Waals surface area contributed by atoms with Crippen molar-refractivity contribution in [2.75, 3.05) is 0 Å². The van der Waals surface area contributed by atoms with Crippen LogP contribution in [0, 0.1) is 0 Å². The number of allylic oxidation sites excluding steroid dienone is 2. The van der Waals surface area contributed by atoms with Crippen LogP contribution < -0.4 is 0 Å². The second kappa shape index (κ2) is 41.7. The minimum Gasteiger partial charge on any atom is -0.251 e. The van der Waals surface area contributed by atoms with Gasteiger partial charge in [-0.3, -0.25) is 4.99 Å². The van der Waals surface area contributed by atoms with E-state index in [1.807, 2.05) is 0 Å². The molecule has 0 aromatic heterocycles. The Morgan fingerprint density at radius 1 is 0.355 bits per heavy atom. The molecule has 356 valence electrons. The molecule has 0 spiro atoms. The van der Waals surface area contributed by atoms with Crippen molar-refractivity contribution in [3.8, 4) is 0 Å². The third-order valence-electron chi connectivity index (χ3n) is 12.6. The second-order valence-electron chi connectivity index (χ2n) is 18.9. The molecule has 0 bridgehead atoms. The van der Waals surface area contributed by atoms with Gasteiger partial charge in [-0.25, -0.2) is 4.99 Å². The van der Waals surface area contributed by atoms with E-state index in [0.717, 1.165) is 80.6 Å². The van der Waals surface area contributed by atoms with Crippen LogP contribution in [0.3, 0.4) is 0 Å². The summed E-state index contributed by atoms with van der Waals surface area (Å²) in [7, 11) is 0. The van der Waals surface area contributed by atoms with Crippen molar-refractivity contribution in [3.05, 3.63) is 70.8 Å².